The molecule has 0 saturated carbocycles. The molecule has 4 aromatic rings. The van der Waals surface area contributed by atoms with Gasteiger partial charge in [0.2, 0.25) is 5.89 Å². The van der Waals surface area contributed by atoms with Crippen LogP contribution in [0.5, 0.6) is 5.75 Å². The molecule has 8 nitrogen and oxygen atoms in total. The molecule has 0 saturated heterocycles. The Labute approximate surface area is 208 Å². The van der Waals surface area contributed by atoms with E-state index in [0.717, 1.165) is 22.4 Å². The minimum absolute atomic E-state index is 0.0625. The zero-order valence-corrected chi connectivity index (χ0v) is 19.5. The molecule has 0 fully saturated rings. The average molecular weight is 487 g/mol. The van der Waals surface area contributed by atoms with Crippen LogP contribution in [0.3, 0.4) is 0 Å². The summed E-state index contributed by atoms with van der Waals surface area (Å²) in [6.45, 7) is 0.472. The van der Waals surface area contributed by atoms with Crippen molar-refractivity contribution in [2.75, 3.05) is 6.61 Å². The molecule has 1 heterocycles. The first-order valence-electron chi connectivity index (χ1n) is 11.5. The number of hydrogen-bond acceptors (Lipinski definition) is 6. The molecule has 36 heavy (non-hydrogen) atoms. The van der Waals surface area contributed by atoms with Gasteiger partial charge in [-0.05, 0) is 35.4 Å². The summed E-state index contributed by atoms with van der Waals surface area (Å²) in [7, 11) is 0. The van der Waals surface area contributed by atoms with Crippen LogP contribution in [0.25, 0.3) is 11.5 Å². The first-order valence-corrected chi connectivity index (χ1v) is 11.5. The van der Waals surface area contributed by atoms with Crippen LogP contribution in [0.2, 0.25) is 0 Å². The lowest BCUT2D eigenvalue weighted by molar-refractivity contribution is -0.139. The second-order valence-electron chi connectivity index (χ2n) is 8.05. The number of nitrogens with zero attached hydrogens (tertiary/aromatic N) is 1. The van der Waals surface area contributed by atoms with Crippen LogP contribution in [0.4, 0.5) is 4.79 Å². The van der Waals surface area contributed by atoms with Crippen molar-refractivity contribution in [2.24, 2.45) is 0 Å². The molecule has 8 heteroatoms. The number of alkyl carbamates (subject to hydrolysis) is 1. The van der Waals surface area contributed by atoms with Crippen molar-refractivity contribution >= 4 is 12.1 Å². The fraction of sp³-hybridized carbons (Fsp3) is 0.179. The lowest BCUT2D eigenvalue weighted by Gasteiger charge is -2.15. The van der Waals surface area contributed by atoms with Crippen molar-refractivity contribution in [2.45, 2.75) is 25.5 Å². The Bertz CT molecular complexity index is 1260. The van der Waals surface area contributed by atoms with Crippen LogP contribution in [-0.2, 0) is 29.0 Å². The van der Waals surface area contributed by atoms with Crippen LogP contribution >= 0.6 is 0 Å². The Kier molecular flexibility index (Phi) is 8.32. The third-order valence-electron chi connectivity index (χ3n) is 5.37. The van der Waals surface area contributed by atoms with Gasteiger partial charge in [-0.2, -0.15) is 0 Å². The lowest BCUT2D eigenvalue weighted by Crippen LogP contribution is -2.42. The van der Waals surface area contributed by atoms with Crippen LogP contribution in [0.15, 0.2) is 95.6 Å². The normalized spacial score (nSPS) is 11.4. The number of carbonyl (C=O) groups excluding carboxylic acids is 1. The summed E-state index contributed by atoms with van der Waals surface area (Å²) in [6, 6.07) is 24.8. The van der Waals surface area contributed by atoms with Crippen molar-refractivity contribution < 1.29 is 28.6 Å². The number of hydrogen-bond donors (Lipinski definition) is 2. The molecule has 3 aromatic carbocycles. The Morgan fingerprint density at radius 2 is 1.61 bits per heavy atom. The molecule has 0 aliphatic rings. The van der Waals surface area contributed by atoms with Crippen LogP contribution in [0, 0.1) is 0 Å². The molecule has 184 valence electrons. The zero-order valence-electron chi connectivity index (χ0n) is 19.5. The van der Waals surface area contributed by atoms with E-state index in [1.54, 1.807) is 30.5 Å². The Morgan fingerprint density at radius 3 is 2.31 bits per heavy atom. The number of nitrogens with one attached hydrogen (secondary N) is 1. The summed E-state index contributed by atoms with van der Waals surface area (Å²) in [5.74, 6) is 0.0719. The molecule has 4 rings (SSSR count). The number of ether oxygens (including phenoxy) is 2. The Balaban J connectivity index is 1.23. The number of aromatic nitrogens is 1. The topological polar surface area (TPSA) is 111 Å². The van der Waals surface area contributed by atoms with Gasteiger partial charge in [0, 0.05) is 18.4 Å². The molecule has 1 amide bonds. The fourth-order valence-corrected chi connectivity index (χ4v) is 3.47. The van der Waals surface area contributed by atoms with E-state index in [-0.39, 0.29) is 13.0 Å². The number of aliphatic carboxylic acids is 1. The third-order valence-corrected chi connectivity index (χ3v) is 5.37. The highest BCUT2D eigenvalue weighted by Crippen LogP contribution is 2.19. The van der Waals surface area contributed by atoms with Gasteiger partial charge in [-0.3, -0.25) is 0 Å². The maximum absolute atomic E-state index is 12.1. The molecule has 2 N–H and O–H groups in total. The Hall–Kier alpha value is -4.59. The van der Waals surface area contributed by atoms with Gasteiger partial charge < -0.3 is 24.3 Å². The fourth-order valence-electron chi connectivity index (χ4n) is 3.47. The van der Waals surface area contributed by atoms with Gasteiger partial charge in [-0.1, -0.05) is 60.7 Å². The summed E-state index contributed by atoms with van der Waals surface area (Å²) in [5.41, 5.74) is 3.26. The molecule has 0 spiro atoms. The van der Waals surface area contributed by atoms with Crippen LogP contribution in [-0.4, -0.2) is 34.8 Å². The van der Waals surface area contributed by atoms with Crippen molar-refractivity contribution in [3.05, 3.63) is 108 Å². The highest BCUT2D eigenvalue weighted by atomic mass is 16.5. The van der Waals surface area contributed by atoms with Crippen molar-refractivity contribution in [1.29, 1.82) is 0 Å². The largest absolute Gasteiger partial charge is 0.493 e. The van der Waals surface area contributed by atoms with Crippen molar-refractivity contribution in [1.82, 2.24) is 10.3 Å². The molecule has 0 aliphatic carbocycles. The van der Waals surface area contributed by atoms with E-state index in [0.29, 0.717) is 24.7 Å². The van der Waals surface area contributed by atoms with Gasteiger partial charge in [0.05, 0.1) is 12.3 Å². The predicted molar refractivity (Wildman–Crippen MR) is 132 cm³/mol. The Morgan fingerprint density at radius 1 is 0.917 bits per heavy atom. The molecule has 0 bridgehead atoms. The zero-order chi connectivity index (χ0) is 25.2. The van der Waals surface area contributed by atoms with Gasteiger partial charge in [-0.15, -0.1) is 0 Å². The molecule has 1 aromatic heterocycles. The number of carboxylic acids is 1. The van der Waals surface area contributed by atoms with Crippen LogP contribution < -0.4 is 10.1 Å². The average Bonchev–Trinajstić information content (AvgIpc) is 3.38. The number of benzene rings is 3. The predicted octanol–water partition coefficient (Wildman–Crippen LogP) is 4.89. The first-order chi connectivity index (χ1) is 17.6. The highest BCUT2D eigenvalue weighted by Gasteiger charge is 2.21. The van der Waals surface area contributed by atoms with Gasteiger partial charge in [-0.25, -0.2) is 14.6 Å². The minimum atomic E-state index is -1.14. The standard InChI is InChI=1S/C28H26N2O6/c31-27(32)25(30-28(33)36-18-21-7-3-1-4-8-21)17-20-11-13-24(14-12-20)34-16-15-23-19-35-26(29-23)22-9-5-2-6-10-22/h1-14,19,25H,15-18H2,(H,30,33)(H,31,32). The molecular weight excluding hydrogens is 460 g/mol. The number of carboxylic acid groups (broad SMARTS) is 1. The second-order valence-corrected chi connectivity index (χ2v) is 8.05. The highest BCUT2D eigenvalue weighted by molar-refractivity contribution is 5.80. The van der Waals surface area contributed by atoms with Gasteiger partial charge >= 0.3 is 12.1 Å². The molecule has 1 atom stereocenters. The minimum Gasteiger partial charge on any atom is -0.493 e. The van der Waals surface area contributed by atoms with E-state index in [1.807, 2.05) is 60.7 Å². The van der Waals surface area contributed by atoms with E-state index in [4.69, 9.17) is 13.9 Å². The molecular formula is C28H26N2O6. The smallest absolute Gasteiger partial charge is 0.408 e. The van der Waals surface area contributed by atoms with E-state index in [9.17, 15) is 14.7 Å². The SMILES string of the molecule is O=C(NC(Cc1ccc(OCCc2coc(-c3ccccc3)n2)cc1)C(=O)O)OCc1ccccc1. The van der Waals surface area contributed by atoms with Gasteiger partial charge in [0.1, 0.15) is 24.7 Å². The number of rotatable bonds is 11. The number of amides is 1. The molecule has 0 aliphatic heterocycles. The van der Waals surface area contributed by atoms with Crippen molar-refractivity contribution in [3.63, 3.8) is 0 Å². The number of oxazole rings is 1. The third kappa shape index (κ3) is 7.20. The van der Waals surface area contributed by atoms with E-state index >= 15 is 0 Å². The van der Waals surface area contributed by atoms with Crippen molar-refractivity contribution in [3.8, 4) is 17.2 Å². The van der Waals surface area contributed by atoms with E-state index < -0.39 is 18.1 Å². The maximum atomic E-state index is 12.1. The summed E-state index contributed by atoms with van der Waals surface area (Å²) in [6.07, 6.45) is 1.53. The number of carbonyl (C=O) groups is 2. The van der Waals surface area contributed by atoms with Gasteiger partial charge in [0.15, 0.2) is 0 Å². The molecule has 1 unspecified atom stereocenters. The van der Waals surface area contributed by atoms with E-state index in [2.05, 4.69) is 10.3 Å². The first kappa shape index (κ1) is 24.5. The molecule has 0 radical (unpaired) electrons. The second kappa shape index (κ2) is 12.2. The summed E-state index contributed by atoms with van der Waals surface area (Å²) < 4.78 is 16.4. The van der Waals surface area contributed by atoms with Gasteiger partial charge in [0.25, 0.3) is 0 Å². The quantitative estimate of drug-likeness (QED) is 0.311. The summed E-state index contributed by atoms with van der Waals surface area (Å²) >= 11 is 0. The summed E-state index contributed by atoms with van der Waals surface area (Å²) in [4.78, 5) is 28.2. The summed E-state index contributed by atoms with van der Waals surface area (Å²) in [5, 5.41) is 11.9. The van der Waals surface area contributed by atoms with E-state index in [1.165, 1.54) is 0 Å². The maximum Gasteiger partial charge on any atom is 0.408 e. The van der Waals surface area contributed by atoms with Crippen LogP contribution in [0.1, 0.15) is 16.8 Å². The monoisotopic (exact) mass is 486 g/mol. The lowest BCUT2D eigenvalue weighted by atomic mass is 10.1.